The second-order valence-corrected chi connectivity index (χ2v) is 5.97. The molecule has 2 nitrogen and oxygen atoms in total. The minimum absolute atomic E-state index is 0.315. The summed E-state index contributed by atoms with van der Waals surface area (Å²) in [7, 11) is 1.67. The van der Waals surface area contributed by atoms with E-state index in [0.29, 0.717) is 17.0 Å². The maximum absolute atomic E-state index is 6.30. The first-order valence-corrected chi connectivity index (χ1v) is 7.73. The normalized spacial score (nSPS) is 21.5. The summed E-state index contributed by atoms with van der Waals surface area (Å²) in [5, 5.41) is 4.31. The van der Waals surface area contributed by atoms with Crippen LogP contribution in [0, 0.1) is 0 Å². The summed E-state index contributed by atoms with van der Waals surface area (Å²) >= 11 is 6.30. The summed E-state index contributed by atoms with van der Waals surface area (Å²) in [6.45, 7) is 3.22. The molecule has 0 fully saturated rings. The number of halogens is 1. The van der Waals surface area contributed by atoms with E-state index in [9.17, 15) is 0 Å². The van der Waals surface area contributed by atoms with Gasteiger partial charge >= 0.3 is 0 Å². The number of methoxy groups -OCH3 is 1. The van der Waals surface area contributed by atoms with Crippen LogP contribution in [0.2, 0.25) is 5.02 Å². The largest absolute Gasteiger partial charge is 0.495 e. The summed E-state index contributed by atoms with van der Waals surface area (Å²) in [6.07, 6.45) is 0.993. The highest BCUT2D eigenvalue weighted by atomic mass is 35.5. The van der Waals surface area contributed by atoms with Crippen molar-refractivity contribution in [3.63, 3.8) is 0 Å². The first-order chi connectivity index (χ1) is 10.2. The van der Waals surface area contributed by atoms with Gasteiger partial charge in [-0.1, -0.05) is 41.9 Å². The van der Waals surface area contributed by atoms with Crippen LogP contribution in [-0.2, 0) is 6.42 Å². The second-order valence-electron chi connectivity index (χ2n) is 5.57. The SMILES string of the molecule is COc1cc2c(cc1Cl)CCNC(C)[C@@H]2c1ccccc1. The van der Waals surface area contributed by atoms with Crippen LogP contribution in [0.15, 0.2) is 42.5 Å². The summed E-state index contributed by atoms with van der Waals surface area (Å²) < 4.78 is 5.42. The topological polar surface area (TPSA) is 21.3 Å². The molecule has 110 valence electrons. The van der Waals surface area contributed by atoms with Crippen molar-refractivity contribution < 1.29 is 4.74 Å². The highest BCUT2D eigenvalue weighted by Gasteiger charge is 2.27. The fourth-order valence-corrected chi connectivity index (χ4v) is 3.49. The van der Waals surface area contributed by atoms with Gasteiger partial charge in [0.05, 0.1) is 12.1 Å². The van der Waals surface area contributed by atoms with Gasteiger partial charge in [-0.2, -0.15) is 0 Å². The average molecular weight is 302 g/mol. The smallest absolute Gasteiger partial charge is 0.137 e. The van der Waals surface area contributed by atoms with Crippen molar-refractivity contribution >= 4 is 11.6 Å². The van der Waals surface area contributed by atoms with Crippen molar-refractivity contribution in [2.24, 2.45) is 0 Å². The number of ether oxygens (including phenoxy) is 1. The number of rotatable bonds is 2. The fourth-order valence-electron chi connectivity index (χ4n) is 3.22. The van der Waals surface area contributed by atoms with Crippen LogP contribution in [-0.4, -0.2) is 19.7 Å². The van der Waals surface area contributed by atoms with E-state index >= 15 is 0 Å². The maximum Gasteiger partial charge on any atom is 0.137 e. The van der Waals surface area contributed by atoms with Crippen molar-refractivity contribution in [2.75, 3.05) is 13.7 Å². The molecule has 2 aromatic rings. The van der Waals surface area contributed by atoms with Gasteiger partial charge in [0, 0.05) is 12.0 Å². The van der Waals surface area contributed by atoms with Crippen molar-refractivity contribution in [3.05, 3.63) is 64.2 Å². The first kappa shape index (κ1) is 14.4. The van der Waals surface area contributed by atoms with Crippen LogP contribution < -0.4 is 10.1 Å². The Balaban J connectivity index is 2.16. The molecule has 0 spiro atoms. The number of benzene rings is 2. The zero-order chi connectivity index (χ0) is 14.8. The van der Waals surface area contributed by atoms with E-state index < -0.39 is 0 Å². The van der Waals surface area contributed by atoms with Crippen LogP contribution in [0.3, 0.4) is 0 Å². The Bertz CT molecular complexity index is 627. The van der Waals surface area contributed by atoms with E-state index in [-0.39, 0.29) is 0 Å². The molecule has 0 amide bonds. The molecule has 3 heteroatoms. The lowest BCUT2D eigenvalue weighted by Gasteiger charge is -2.25. The zero-order valence-electron chi connectivity index (χ0n) is 12.4. The number of hydrogen-bond donors (Lipinski definition) is 1. The van der Waals surface area contributed by atoms with Crippen LogP contribution in [0.4, 0.5) is 0 Å². The lowest BCUT2D eigenvalue weighted by Crippen LogP contribution is -2.31. The molecule has 0 radical (unpaired) electrons. The standard InChI is InChI=1S/C18H20ClNO/c1-12-18(13-6-4-3-5-7-13)15-11-17(21-2)16(19)10-14(15)8-9-20-12/h3-7,10-12,18,20H,8-9H2,1-2H3/t12?,18-/m1/s1. The summed E-state index contributed by atoms with van der Waals surface area (Å²) in [6, 6.07) is 15.2. The number of fused-ring (bicyclic) bond motifs is 1. The quantitative estimate of drug-likeness (QED) is 0.905. The van der Waals surface area contributed by atoms with E-state index in [1.807, 2.05) is 0 Å². The van der Waals surface area contributed by atoms with E-state index in [0.717, 1.165) is 18.7 Å². The molecule has 21 heavy (non-hydrogen) atoms. The number of hydrogen-bond acceptors (Lipinski definition) is 2. The number of nitrogens with one attached hydrogen (secondary N) is 1. The molecule has 1 heterocycles. The first-order valence-electron chi connectivity index (χ1n) is 7.35. The molecule has 0 saturated heterocycles. The predicted octanol–water partition coefficient (Wildman–Crippen LogP) is 4.01. The molecular weight excluding hydrogens is 282 g/mol. The van der Waals surface area contributed by atoms with Gasteiger partial charge in [0.15, 0.2) is 0 Å². The van der Waals surface area contributed by atoms with E-state index in [2.05, 4.69) is 54.7 Å². The summed E-state index contributed by atoms with van der Waals surface area (Å²) in [5.41, 5.74) is 3.96. The molecule has 0 aliphatic carbocycles. The Morgan fingerprint density at radius 2 is 1.95 bits per heavy atom. The van der Waals surface area contributed by atoms with Gasteiger partial charge in [0.25, 0.3) is 0 Å². The molecule has 1 unspecified atom stereocenters. The molecule has 2 atom stereocenters. The van der Waals surface area contributed by atoms with E-state index in [1.165, 1.54) is 16.7 Å². The monoisotopic (exact) mass is 301 g/mol. The van der Waals surface area contributed by atoms with Gasteiger partial charge in [-0.25, -0.2) is 0 Å². The van der Waals surface area contributed by atoms with Gasteiger partial charge in [-0.15, -0.1) is 0 Å². The Labute approximate surface area is 131 Å². The molecule has 3 rings (SSSR count). The molecule has 0 saturated carbocycles. The third kappa shape index (κ3) is 2.78. The fraction of sp³-hybridized carbons (Fsp3) is 0.333. The van der Waals surface area contributed by atoms with Gasteiger partial charge in [-0.3, -0.25) is 0 Å². The van der Waals surface area contributed by atoms with Gasteiger partial charge in [0.2, 0.25) is 0 Å². The van der Waals surface area contributed by atoms with Crippen molar-refractivity contribution in [3.8, 4) is 5.75 Å². The van der Waals surface area contributed by atoms with E-state index in [1.54, 1.807) is 7.11 Å². The lowest BCUT2D eigenvalue weighted by atomic mass is 9.84. The van der Waals surface area contributed by atoms with Gasteiger partial charge in [-0.05, 0) is 48.7 Å². The molecule has 0 aromatic heterocycles. The van der Waals surface area contributed by atoms with Crippen LogP contribution in [0.1, 0.15) is 29.5 Å². The Kier molecular flexibility index (Phi) is 4.18. The third-order valence-corrected chi connectivity index (χ3v) is 4.56. The zero-order valence-corrected chi connectivity index (χ0v) is 13.2. The average Bonchev–Trinajstić information content (AvgIpc) is 2.65. The molecule has 1 aliphatic heterocycles. The molecular formula is C18H20ClNO. The Morgan fingerprint density at radius 1 is 1.19 bits per heavy atom. The summed E-state index contributed by atoms with van der Waals surface area (Å²) in [5.74, 6) is 1.07. The molecule has 2 aromatic carbocycles. The molecule has 0 bridgehead atoms. The maximum atomic E-state index is 6.30. The highest BCUT2D eigenvalue weighted by Crippen LogP contribution is 2.37. The van der Waals surface area contributed by atoms with Crippen LogP contribution in [0.5, 0.6) is 5.75 Å². The third-order valence-electron chi connectivity index (χ3n) is 4.27. The lowest BCUT2D eigenvalue weighted by molar-refractivity contribution is 0.413. The van der Waals surface area contributed by atoms with Gasteiger partial charge in [0.1, 0.15) is 5.75 Å². The Hall–Kier alpha value is -1.51. The Morgan fingerprint density at radius 3 is 2.67 bits per heavy atom. The van der Waals surface area contributed by atoms with Gasteiger partial charge < -0.3 is 10.1 Å². The minimum atomic E-state index is 0.315. The molecule has 1 N–H and O–H groups in total. The second kappa shape index (κ2) is 6.08. The van der Waals surface area contributed by atoms with Crippen LogP contribution >= 0.6 is 11.6 Å². The summed E-state index contributed by atoms with van der Waals surface area (Å²) in [4.78, 5) is 0. The van der Waals surface area contributed by atoms with E-state index in [4.69, 9.17) is 16.3 Å². The highest BCUT2D eigenvalue weighted by molar-refractivity contribution is 6.32. The minimum Gasteiger partial charge on any atom is -0.495 e. The molecule has 1 aliphatic rings. The van der Waals surface area contributed by atoms with Crippen molar-refractivity contribution in [1.82, 2.24) is 5.32 Å². The van der Waals surface area contributed by atoms with Crippen molar-refractivity contribution in [1.29, 1.82) is 0 Å². The van der Waals surface area contributed by atoms with Crippen molar-refractivity contribution in [2.45, 2.75) is 25.3 Å². The van der Waals surface area contributed by atoms with Crippen LogP contribution in [0.25, 0.3) is 0 Å². The predicted molar refractivity (Wildman–Crippen MR) is 87.5 cm³/mol.